The lowest BCUT2D eigenvalue weighted by Crippen LogP contribution is -2.59. The molecule has 0 aromatic heterocycles. The third-order valence-electron chi connectivity index (χ3n) is 3.48. The van der Waals surface area contributed by atoms with Crippen LogP contribution in [-0.2, 0) is 0 Å². The predicted octanol–water partition coefficient (Wildman–Crippen LogP) is 1.33. The number of nitrogens with one attached hydrogen (secondary N) is 1. The Morgan fingerprint density at radius 2 is 1.93 bits per heavy atom. The van der Waals surface area contributed by atoms with Crippen molar-refractivity contribution in [3.8, 4) is 11.8 Å². The van der Waals surface area contributed by atoms with E-state index < -0.39 is 0 Å². The van der Waals surface area contributed by atoms with Gasteiger partial charge in [-0.3, -0.25) is 4.90 Å². The molecule has 1 spiro atoms. The van der Waals surface area contributed by atoms with Gasteiger partial charge in [0.15, 0.2) is 0 Å². The van der Waals surface area contributed by atoms with Crippen molar-refractivity contribution in [3.05, 3.63) is 0 Å². The number of hydrogen-bond acceptors (Lipinski definition) is 2. The SMILES string of the molecule is CC(C)C#CCN1CC2(CCNCC2)C1. The van der Waals surface area contributed by atoms with Crippen LogP contribution in [0.2, 0.25) is 0 Å². The second kappa shape index (κ2) is 4.55. The van der Waals surface area contributed by atoms with Gasteiger partial charge in [0, 0.05) is 19.0 Å². The summed E-state index contributed by atoms with van der Waals surface area (Å²) in [7, 11) is 0. The summed E-state index contributed by atoms with van der Waals surface area (Å²) in [5.41, 5.74) is 0.658. The van der Waals surface area contributed by atoms with Crippen LogP contribution in [0, 0.1) is 23.2 Å². The lowest BCUT2D eigenvalue weighted by molar-refractivity contribution is -0.0131. The molecular formula is C13H22N2. The van der Waals surface area contributed by atoms with Crippen molar-refractivity contribution in [1.82, 2.24) is 10.2 Å². The highest BCUT2D eigenvalue weighted by Gasteiger charge is 2.42. The van der Waals surface area contributed by atoms with Crippen LogP contribution in [-0.4, -0.2) is 37.6 Å². The standard InChI is InChI=1S/C13H22N2/c1-12(2)4-3-9-15-10-13(11-15)5-7-14-8-6-13/h12,14H,5-11H2,1-2H3. The molecule has 0 unspecified atom stereocenters. The molecule has 15 heavy (non-hydrogen) atoms. The molecule has 2 heteroatoms. The average Bonchev–Trinajstić information content (AvgIpc) is 2.16. The zero-order chi connectivity index (χ0) is 10.7. The summed E-state index contributed by atoms with van der Waals surface area (Å²) in [5, 5.41) is 3.43. The van der Waals surface area contributed by atoms with E-state index in [-0.39, 0.29) is 0 Å². The molecule has 84 valence electrons. The molecule has 2 fully saturated rings. The van der Waals surface area contributed by atoms with Crippen LogP contribution in [0.5, 0.6) is 0 Å². The number of hydrogen-bond donors (Lipinski definition) is 1. The topological polar surface area (TPSA) is 15.3 Å². The summed E-state index contributed by atoms with van der Waals surface area (Å²) in [4.78, 5) is 2.49. The van der Waals surface area contributed by atoms with E-state index in [4.69, 9.17) is 0 Å². The Kier molecular flexibility index (Phi) is 3.33. The molecule has 0 saturated carbocycles. The van der Waals surface area contributed by atoms with Gasteiger partial charge in [-0.05, 0) is 31.3 Å². The van der Waals surface area contributed by atoms with E-state index in [1.54, 1.807) is 0 Å². The summed E-state index contributed by atoms with van der Waals surface area (Å²) >= 11 is 0. The first-order valence-electron chi connectivity index (χ1n) is 6.12. The van der Waals surface area contributed by atoms with Crippen LogP contribution in [0.1, 0.15) is 26.7 Å². The average molecular weight is 206 g/mol. The van der Waals surface area contributed by atoms with Crippen LogP contribution in [0.4, 0.5) is 0 Å². The van der Waals surface area contributed by atoms with Crippen molar-refractivity contribution in [3.63, 3.8) is 0 Å². The maximum Gasteiger partial charge on any atom is 0.0602 e. The maximum absolute atomic E-state index is 3.43. The minimum absolute atomic E-state index is 0.513. The van der Waals surface area contributed by atoms with Gasteiger partial charge >= 0.3 is 0 Å². The molecule has 0 aromatic rings. The fourth-order valence-corrected chi connectivity index (χ4v) is 2.65. The largest absolute Gasteiger partial charge is 0.317 e. The highest BCUT2D eigenvalue weighted by atomic mass is 15.2. The molecule has 2 heterocycles. The minimum atomic E-state index is 0.513. The number of likely N-dealkylation sites (tertiary alicyclic amines) is 1. The Bertz CT molecular complexity index is 258. The predicted molar refractivity (Wildman–Crippen MR) is 63.6 cm³/mol. The molecule has 2 aliphatic heterocycles. The van der Waals surface area contributed by atoms with Crippen molar-refractivity contribution in [1.29, 1.82) is 0 Å². The summed E-state index contributed by atoms with van der Waals surface area (Å²) in [5.74, 6) is 7.01. The molecule has 2 rings (SSSR count). The number of nitrogens with zero attached hydrogens (tertiary/aromatic N) is 1. The Morgan fingerprint density at radius 1 is 1.27 bits per heavy atom. The highest BCUT2D eigenvalue weighted by Crippen LogP contribution is 2.38. The highest BCUT2D eigenvalue weighted by molar-refractivity contribution is 5.07. The van der Waals surface area contributed by atoms with Gasteiger partial charge in [-0.25, -0.2) is 0 Å². The molecule has 0 aliphatic carbocycles. The van der Waals surface area contributed by atoms with E-state index >= 15 is 0 Å². The Balaban J connectivity index is 1.71. The fourth-order valence-electron chi connectivity index (χ4n) is 2.65. The molecule has 0 amide bonds. The second-order valence-corrected chi connectivity index (χ2v) is 5.37. The van der Waals surface area contributed by atoms with E-state index in [0.717, 1.165) is 6.54 Å². The van der Waals surface area contributed by atoms with Crippen molar-refractivity contribution in [2.75, 3.05) is 32.7 Å². The van der Waals surface area contributed by atoms with Gasteiger partial charge in [0.1, 0.15) is 0 Å². The number of piperidine rings is 1. The van der Waals surface area contributed by atoms with Crippen molar-refractivity contribution >= 4 is 0 Å². The van der Waals surface area contributed by atoms with Crippen LogP contribution in [0.25, 0.3) is 0 Å². The fraction of sp³-hybridized carbons (Fsp3) is 0.846. The molecule has 2 saturated heterocycles. The van der Waals surface area contributed by atoms with E-state index in [1.807, 2.05) is 0 Å². The molecule has 1 N–H and O–H groups in total. The van der Waals surface area contributed by atoms with Gasteiger partial charge < -0.3 is 5.32 Å². The first-order valence-corrected chi connectivity index (χ1v) is 6.12. The van der Waals surface area contributed by atoms with Gasteiger partial charge in [0.2, 0.25) is 0 Å². The van der Waals surface area contributed by atoms with Crippen molar-refractivity contribution in [2.24, 2.45) is 11.3 Å². The van der Waals surface area contributed by atoms with E-state index in [0.29, 0.717) is 11.3 Å². The third-order valence-corrected chi connectivity index (χ3v) is 3.48. The maximum atomic E-state index is 3.43. The summed E-state index contributed by atoms with van der Waals surface area (Å²) in [6, 6.07) is 0. The first-order chi connectivity index (χ1) is 7.20. The van der Waals surface area contributed by atoms with Gasteiger partial charge in [-0.1, -0.05) is 25.7 Å². The smallest absolute Gasteiger partial charge is 0.0602 e. The molecule has 0 bridgehead atoms. The Labute approximate surface area is 93.4 Å². The summed E-state index contributed by atoms with van der Waals surface area (Å²) in [6.45, 7) is 10.3. The normalized spacial score (nSPS) is 24.7. The Hall–Kier alpha value is -0.520. The zero-order valence-electron chi connectivity index (χ0n) is 9.97. The summed E-state index contributed by atoms with van der Waals surface area (Å²) < 4.78 is 0. The van der Waals surface area contributed by atoms with Gasteiger partial charge in [-0.2, -0.15) is 0 Å². The van der Waals surface area contributed by atoms with Crippen LogP contribution < -0.4 is 5.32 Å². The van der Waals surface area contributed by atoms with Crippen molar-refractivity contribution in [2.45, 2.75) is 26.7 Å². The van der Waals surface area contributed by atoms with Crippen molar-refractivity contribution < 1.29 is 0 Å². The minimum Gasteiger partial charge on any atom is -0.317 e. The van der Waals surface area contributed by atoms with Crippen LogP contribution >= 0.6 is 0 Å². The monoisotopic (exact) mass is 206 g/mol. The summed E-state index contributed by atoms with van der Waals surface area (Å²) in [6.07, 6.45) is 2.72. The molecule has 0 radical (unpaired) electrons. The number of rotatable bonds is 1. The zero-order valence-corrected chi connectivity index (χ0v) is 9.97. The third kappa shape index (κ3) is 2.74. The lowest BCUT2D eigenvalue weighted by Gasteiger charge is -2.52. The lowest BCUT2D eigenvalue weighted by atomic mass is 9.72. The molecule has 0 atom stereocenters. The quantitative estimate of drug-likeness (QED) is 0.651. The Morgan fingerprint density at radius 3 is 2.53 bits per heavy atom. The van der Waals surface area contributed by atoms with Gasteiger partial charge in [0.05, 0.1) is 6.54 Å². The second-order valence-electron chi connectivity index (χ2n) is 5.37. The van der Waals surface area contributed by atoms with E-state index in [9.17, 15) is 0 Å². The van der Waals surface area contributed by atoms with E-state index in [2.05, 4.69) is 35.9 Å². The molecule has 0 aromatic carbocycles. The van der Waals surface area contributed by atoms with Crippen LogP contribution in [0.15, 0.2) is 0 Å². The van der Waals surface area contributed by atoms with Crippen LogP contribution in [0.3, 0.4) is 0 Å². The van der Waals surface area contributed by atoms with Gasteiger partial charge in [0.25, 0.3) is 0 Å². The molecular weight excluding hydrogens is 184 g/mol. The van der Waals surface area contributed by atoms with Gasteiger partial charge in [-0.15, -0.1) is 0 Å². The first kappa shape index (κ1) is 11.0. The molecule has 2 nitrogen and oxygen atoms in total. The van der Waals surface area contributed by atoms with E-state index in [1.165, 1.54) is 39.0 Å². The molecule has 2 aliphatic rings.